The standard InChI is InChI=1S/C23H17ClN2O/c24-18-11-9-17(10-12-18)22-7-4-8-23(26-22)25-19-13-15-21(16-14-19)27-20-5-2-1-3-6-20/h1-16H,(H,25,26). The zero-order valence-corrected chi connectivity index (χ0v) is 15.2. The number of para-hydroxylation sites is 1. The van der Waals surface area contributed by atoms with Crippen molar-refractivity contribution in [2.75, 3.05) is 5.32 Å². The molecule has 0 aliphatic carbocycles. The minimum absolute atomic E-state index is 0.714. The van der Waals surface area contributed by atoms with Gasteiger partial charge in [-0.3, -0.25) is 0 Å². The highest BCUT2D eigenvalue weighted by Crippen LogP contribution is 2.25. The maximum absolute atomic E-state index is 5.96. The molecule has 0 saturated carbocycles. The van der Waals surface area contributed by atoms with Gasteiger partial charge >= 0.3 is 0 Å². The number of anilines is 2. The molecule has 132 valence electrons. The van der Waals surface area contributed by atoms with Crippen LogP contribution in [-0.2, 0) is 0 Å². The molecule has 0 fully saturated rings. The first kappa shape index (κ1) is 17.1. The Hall–Kier alpha value is -3.30. The van der Waals surface area contributed by atoms with Crippen molar-refractivity contribution in [1.29, 1.82) is 0 Å². The van der Waals surface area contributed by atoms with Gasteiger partial charge in [0.15, 0.2) is 0 Å². The fourth-order valence-corrected chi connectivity index (χ4v) is 2.79. The van der Waals surface area contributed by atoms with Gasteiger partial charge in [-0.05, 0) is 60.7 Å². The van der Waals surface area contributed by atoms with Crippen LogP contribution in [0.2, 0.25) is 5.02 Å². The predicted octanol–water partition coefficient (Wildman–Crippen LogP) is 6.94. The number of pyridine rings is 1. The van der Waals surface area contributed by atoms with Crippen LogP contribution >= 0.6 is 11.6 Å². The third-order valence-electron chi connectivity index (χ3n) is 3.99. The van der Waals surface area contributed by atoms with Gasteiger partial charge in [0.05, 0.1) is 5.69 Å². The number of hydrogen-bond donors (Lipinski definition) is 1. The van der Waals surface area contributed by atoms with Crippen molar-refractivity contribution in [2.45, 2.75) is 0 Å². The summed E-state index contributed by atoms with van der Waals surface area (Å²) >= 11 is 5.96. The molecular weight excluding hydrogens is 356 g/mol. The molecule has 0 radical (unpaired) electrons. The van der Waals surface area contributed by atoms with Crippen molar-refractivity contribution in [3.63, 3.8) is 0 Å². The molecule has 4 heteroatoms. The summed E-state index contributed by atoms with van der Waals surface area (Å²) in [7, 11) is 0. The number of ether oxygens (including phenoxy) is 1. The number of rotatable bonds is 5. The fourth-order valence-electron chi connectivity index (χ4n) is 2.66. The third-order valence-corrected chi connectivity index (χ3v) is 4.25. The van der Waals surface area contributed by atoms with Crippen molar-refractivity contribution >= 4 is 23.1 Å². The van der Waals surface area contributed by atoms with E-state index in [1.165, 1.54) is 0 Å². The maximum Gasteiger partial charge on any atom is 0.131 e. The normalized spacial score (nSPS) is 10.4. The molecule has 1 aromatic heterocycles. The van der Waals surface area contributed by atoms with E-state index in [2.05, 4.69) is 10.3 Å². The van der Waals surface area contributed by atoms with Gasteiger partial charge in [0, 0.05) is 16.3 Å². The molecule has 0 saturated heterocycles. The van der Waals surface area contributed by atoms with E-state index in [9.17, 15) is 0 Å². The van der Waals surface area contributed by atoms with E-state index in [0.29, 0.717) is 5.02 Å². The monoisotopic (exact) mass is 372 g/mol. The topological polar surface area (TPSA) is 34.1 Å². The minimum atomic E-state index is 0.714. The molecular formula is C23H17ClN2O. The second-order valence-corrected chi connectivity index (χ2v) is 6.42. The van der Waals surface area contributed by atoms with Crippen molar-refractivity contribution in [3.8, 4) is 22.8 Å². The number of benzene rings is 3. The number of aromatic nitrogens is 1. The molecule has 4 aromatic rings. The first-order valence-corrected chi connectivity index (χ1v) is 8.97. The summed E-state index contributed by atoms with van der Waals surface area (Å²) in [5, 5.41) is 4.04. The molecule has 0 amide bonds. The lowest BCUT2D eigenvalue weighted by Crippen LogP contribution is -1.95. The van der Waals surface area contributed by atoms with E-state index in [1.54, 1.807) is 0 Å². The van der Waals surface area contributed by atoms with Crippen LogP contribution in [0.25, 0.3) is 11.3 Å². The molecule has 0 spiro atoms. The third kappa shape index (κ3) is 4.46. The first-order valence-electron chi connectivity index (χ1n) is 8.59. The molecule has 4 rings (SSSR count). The average Bonchev–Trinajstić information content (AvgIpc) is 2.71. The Balaban J connectivity index is 1.47. The summed E-state index contributed by atoms with van der Waals surface area (Å²) in [4.78, 5) is 4.67. The van der Waals surface area contributed by atoms with Crippen LogP contribution in [0.1, 0.15) is 0 Å². The maximum atomic E-state index is 5.96. The van der Waals surface area contributed by atoms with Gasteiger partial charge in [0.1, 0.15) is 17.3 Å². The molecule has 0 atom stereocenters. The second kappa shape index (κ2) is 7.94. The van der Waals surface area contributed by atoms with Crippen LogP contribution in [0, 0.1) is 0 Å². The fraction of sp³-hybridized carbons (Fsp3) is 0. The molecule has 27 heavy (non-hydrogen) atoms. The van der Waals surface area contributed by atoms with Gasteiger partial charge in [-0.2, -0.15) is 0 Å². The SMILES string of the molecule is Clc1ccc(-c2cccc(Nc3ccc(Oc4ccccc4)cc3)n2)cc1. The first-order chi connectivity index (χ1) is 13.3. The van der Waals surface area contributed by atoms with Gasteiger partial charge in [0.25, 0.3) is 0 Å². The molecule has 1 heterocycles. The Morgan fingerprint density at radius 2 is 1.37 bits per heavy atom. The number of nitrogens with one attached hydrogen (secondary N) is 1. The van der Waals surface area contributed by atoms with Crippen LogP contribution in [0.3, 0.4) is 0 Å². The summed E-state index contributed by atoms with van der Waals surface area (Å²) in [6.07, 6.45) is 0. The summed E-state index contributed by atoms with van der Waals surface area (Å²) in [6, 6.07) is 31.1. The van der Waals surface area contributed by atoms with Crippen LogP contribution in [-0.4, -0.2) is 4.98 Å². The predicted molar refractivity (Wildman–Crippen MR) is 111 cm³/mol. The van der Waals surface area contributed by atoms with Crippen molar-refractivity contribution in [1.82, 2.24) is 4.98 Å². The van der Waals surface area contributed by atoms with E-state index in [-0.39, 0.29) is 0 Å². The van der Waals surface area contributed by atoms with Crippen molar-refractivity contribution in [2.24, 2.45) is 0 Å². The molecule has 3 aromatic carbocycles. The quantitative estimate of drug-likeness (QED) is 0.412. The number of nitrogens with zero attached hydrogens (tertiary/aromatic N) is 1. The van der Waals surface area contributed by atoms with Gasteiger partial charge in [-0.15, -0.1) is 0 Å². The Morgan fingerprint density at radius 1 is 0.667 bits per heavy atom. The summed E-state index contributed by atoms with van der Waals surface area (Å²) in [6.45, 7) is 0. The molecule has 0 bridgehead atoms. The lowest BCUT2D eigenvalue weighted by molar-refractivity contribution is 0.483. The summed E-state index contributed by atoms with van der Waals surface area (Å²) in [5.74, 6) is 2.38. The Kier molecular flexibility index (Phi) is 5.04. The highest BCUT2D eigenvalue weighted by molar-refractivity contribution is 6.30. The second-order valence-electron chi connectivity index (χ2n) is 5.98. The van der Waals surface area contributed by atoms with Crippen LogP contribution in [0.5, 0.6) is 11.5 Å². The average molecular weight is 373 g/mol. The van der Waals surface area contributed by atoms with E-state index < -0.39 is 0 Å². The zero-order valence-electron chi connectivity index (χ0n) is 14.5. The van der Waals surface area contributed by atoms with Gasteiger partial charge in [0.2, 0.25) is 0 Å². The van der Waals surface area contributed by atoms with Crippen LogP contribution in [0.15, 0.2) is 97.1 Å². The zero-order chi connectivity index (χ0) is 18.5. The smallest absolute Gasteiger partial charge is 0.131 e. The number of hydrogen-bond acceptors (Lipinski definition) is 3. The summed E-state index contributed by atoms with van der Waals surface area (Å²) < 4.78 is 5.82. The lowest BCUT2D eigenvalue weighted by atomic mass is 10.1. The van der Waals surface area contributed by atoms with E-state index in [0.717, 1.165) is 34.3 Å². The van der Waals surface area contributed by atoms with Crippen molar-refractivity contribution in [3.05, 3.63) is 102 Å². The largest absolute Gasteiger partial charge is 0.457 e. The van der Waals surface area contributed by atoms with Crippen LogP contribution in [0.4, 0.5) is 11.5 Å². The van der Waals surface area contributed by atoms with Gasteiger partial charge in [-0.25, -0.2) is 4.98 Å². The number of halogens is 1. The van der Waals surface area contributed by atoms with Gasteiger partial charge < -0.3 is 10.1 Å². The van der Waals surface area contributed by atoms with E-state index >= 15 is 0 Å². The summed E-state index contributed by atoms with van der Waals surface area (Å²) in [5.41, 5.74) is 2.85. The molecule has 1 N–H and O–H groups in total. The van der Waals surface area contributed by atoms with Crippen LogP contribution < -0.4 is 10.1 Å². The highest BCUT2D eigenvalue weighted by Gasteiger charge is 2.03. The highest BCUT2D eigenvalue weighted by atomic mass is 35.5. The van der Waals surface area contributed by atoms with E-state index in [4.69, 9.17) is 16.3 Å². The molecule has 0 aliphatic rings. The lowest BCUT2D eigenvalue weighted by Gasteiger charge is -2.09. The van der Waals surface area contributed by atoms with Gasteiger partial charge in [-0.1, -0.05) is 48.0 Å². The molecule has 0 unspecified atom stereocenters. The molecule has 0 aliphatic heterocycles. The Morgan fingerprint density at radius 3 is 2.11 bits per heavy atom. The van der Waals surface area contributed by atoms with Crippen molar-refractivity contribution < 1.29 is 4.74 Å². The minimum Gasteiger partial charge on any atom is -0.457 e. The molecule has 3 nitrogen and oxygen atoms in total. The van der Waals surface area contributed by atoms with E-state index in [1.807, 2.05) is 97.1 Å². The Bertz CT molecular complexity index is 1020. The Labute approximate surface area is 163 Å².